The highest BCUT2D eigenvalue weighted by Gasteiger charge is 2.09. The Morgan fingerprint density at radius 1 is 1.54 bits per heavy atom. The van der Waals surface area contributed by atoms with Crippen LogP contribution in [-0.4, -0.2) is 7.11 Å². The van der Waals surface area contributed by atoms with Crippen molar-refractivity contribution >= 4 is 49.7 Å². The molecule has 0 fully saturated rings. The molecule has 0 atom stereocenters. The summed E-state index contributed by atoms with van der Waals surface area (Å²) in [7, 11) is 1.66. The van der Waals surface area contributed by atoms with E-state index in [1.165, 1.54) is 5.39 Å². The van der Waals surface area contributed by atoms with Crippen molar-refractivity contribution in [3.05, 3.63) is 21.1 Å². The molecule has 2 aromatic rings. The molecule has 13 heavy (non-hydrogen) atoms. The molecule has 0 bridgehead atoms. The second kappa shape index (κ2) is 3.34. The van der Waals surface area contributed by atoms with Crippen LogP contribution >= 0.6 is 33.9 Å². The van der Waals surface area contributed by atoms with Gasteiger partial charge in [0.1, 0.15) is 5.75 Å². The maximum absolute atomic E-state index is 5.87. The predicted molar refractivity (Wildman–Crippen MR) is 65.5 cm³/mol. The SMILES string of the molecule is COc1cc(N)c2sccc2c1I. The molecule has 68 valence electrons. The average molecular weight is 305 g/mol. The van der Waals surface area contributed by atoms with Gasteiger partial charge in [-0.15, -0.1) is 11.3 Å². The molecule has 0 saturated carbocycles. The summed E-state index contributed by atoms with van der Waals surface area (Å²) in [4.78, 5) is 0. The number of nitrogens with two attached hydrogens (primary N) is 1. The monoisotopic (exact) mass is 305 g/mol. The van der Waals surface area contributed by atoms with Gasteiger partial charge in [0.15, 0.2) is 0 Å². The molecule has 0 aliphatic rings. The first-order chi connectivity index (χ1) is 6.24. The molecule has 2 N–H and O–H groups in total. The topological polar surface area (TPSA) is 35.2 Å². The molecule has 0 aliphatic carbocycles. The lowest BCUT2D eigenvalue weighted by molar-refractivity contribution is 0.413. The van der Waals surface area contributed by atoms with E-state index in [4.69, 9.17) is 10.5 Å². The fourth-order valence-corrected chi connectivity index (χ4v) is 3.10. The highest BCUT2D eigenvalue weighted by Crippen LogP contribution is 2.36. The summed E-state index contributed by atoms with van der Waals surface area (Å²) in [5, 5.41) is 3.23. The fourth-order valence-electron chi connectivity index (χ4n) is 1.26. The molecule has 2 rings (SSSR count). The van der Waals surface area contributed by atoms with E-state index in [0.29, 0.717) is 0 Å². The maximum Gasteiger partial charge on any atom is 0.134 e. The minimum Gasteiger partial charge on any atom is -0.496 e. The minimum atomic E-state index is 0.794. The summed E-state index contributed by atoms with van der Waals surface area (Å²) in [5.74, 6) is 0.851. The van der Waals surface area contributed by atoms with Crippen LogP contribution in [0.3, 0.4) is 0 Å². The number of fused-ring (bicyclic) bond motifs is 1. The lowest BCUT2D eigenvalue weighted by atomic mass is 10.2. The first kappa shape index (κ1) is 9.08. The molecule has 0 amide bonds. The molecule has 1 aromatic carbocycles. The Morgan fingerprint density at radius 3 is 3.00 bits per heavy atom. The van der Waals surface area contributed by atoms with Crippen LogP contribution in [0.25, 0.3) is 10.1 Å². The summed E-state index contributed by atoms with van der Waals surface area (Å²) < 4.78 is 7.49. The number of methoxy groups -OCH3 is 1. The summed E-state index contributed by atoms with van der Waals surface area (Å²) in [6.07, 6.45) is 0. The van der Waals surface area contributed by atoms with Crippen LogP contribution in [0.15, 0.2) is 17.5 Å². The van der Waals surface area contributed by atoms with Crippen LogP contribution < -0.4 is 10.5 Å². The van der Waals surface area contributed by atoms with E-state index in [9.17, 15) is 0 Å². The van der Waals surface area contributed by atoms with Gasteiger partial charge in [-0.3, -0.25) is 0 Å². The summed E-state index contributed by atoms with van der Waals surface area (Å²) in [6, 6.07) is 3.95. The molecule has 0 unspecified atom stereocenters. The van der Waals surface area contributed by atoms with Gasteiger partial charge in [0, 0.05) is 11.5 Å². The molecular formula is C9H8INOS. The van der Waals surface area contributed by atoms with Crippen LogP contribution in [0.1, 0.15) is 0 Å². The molecular weight excluding hydrogens is 297 g/mol. The molecule has 2 nitrogen and oxygen atoms in total. The molecule has 0 saturated heterocycles. The predicted octanol–water partition coefficient (Wildman–Crippen LogP) is 3.10. The Balaban J connectivity index is 2.85. The van der Waals surface area contributed by atoms with E-state index in [0.717, 1.165) is 19.7 Å². The van der Waals surface area contributed by atoms with Crippen LogP contribution in [-0.2, 0) is 0 Å². The lowest BCUT2D eigenvalue weighted by Crippen LogP contribution is -1.91. The van der Waals surface area contributed by atoms with Gasteiger partial charge in [0.05, 0.1) is 21.1 Å². The molecule has 1 aromatic heterocycles. The first-order valence-electron chi connectivity index (χ1n) is 3.73. The molecule has 4 heteroatoms. The van der Waals surface area contributed by atoms with Gasteiger partial charge >= 0.3 is 0 Å². The number of ether oxygens (including phenoxy) is 1. The highest BCUT2D eigenvalue weighted by atomic mass is 127. The highest BCUT2D eigenvalue weighted by molar-refractivity contribution is 14.1. The van der Waals surface area contributed by atoms with Crippen LogP contribution in [0.2, 0.25) is 0 Å². The van der Waals surface area contributed by atoms with Gasteiger partial charge < -0.3 is 10.5 Å². The summed E-state index contributed by atoms with van der Waals surface area (Å²) >= 11 is 3.94. The van der Waals surface area contributed by atoms with E-state index in [1.807, 2.05) is 11.4 Å². The van der Waals surface area contributed by atoms with Gasteiger partial charge in [-0.25, -0.2) is 0 Å². The normalized spacial score (nSPS) is 10.6. The smallest absolute Gasteiger partial charge is 0.134 e. The van der Waals surface area contributed by atoms with E-state index < -0.39 is 0 Å². The number of nitrogen functional groups attached to an aromatic ring is 1. The van der Waals surface area contributed by atoms with E-state index in [2.05, 4.69) is 28.7 Å². The van der Waals surface area contributed by atoms with Gasteiger partial charge in [-0.05, 0) is 34.0 Å². The Hall–Kier alpha value is -0.490. The molecule has 0 aliphatic heterocycles. The van der Waals surface area contributed by atoms with Gasteiger partial charge in [-0.1, -0.05) is 0 Å². The van der Waals surface area contributed by atoms with Crippen LogP contribution in [0.5, 0.6) is 5.75 Å². The molecule has 1 heterocycles. The lowest BCUT2D eigenvalue weighted by Gasteiger charge is -2.05. The quantitative estimate of drug-likeness (QED) is 0.649. The number of rotatable bonds is 1. The van der Waals surface area contributed by atoms with Crippen molar-refractivity contribution in [2.75, 3.05) is 12.8 Å². The minimum absolute atomic E-state index is 0.794. The second-order valence-electron chi connectivity index (χ2n) is 2.65. The van der Waals surface area contributed by atoms with Gasteiger partial charge in [0.25, 0.3) is 0 Å². The number of hydrogen-bond donors (Lipinski definition) is 1. The number of halogens is 1. The maximum atomic E-state index is 5.87. The summed E-state index contributed by atoms with van der Waals surface area (Å²) in [5.41, 5.74) is 6.67. The molecule has 0 radical (unpaired) electrons. The van der Waals surface area contributed by atoms with Gasteiger partial charge in [0.2, 0.25) is 0 Å². The number of benzene rings is 1. The standard InChI is InChI=1S/C9H8INOS/c1-12-7-4-6(11)9-5(8(7)10)2-3-13-9/h2-4H,11H2,1H3. The van der Waals surface area contributed by atoms with E-state index in [-0.39, 0.29) is 0 Å². The fraction of sp³-hybridized carbons (Fsp3) is 0.111. The first-order valence-corrected chi connectivity index (χ1v) is 5.69. The zero-order chi connectivity index (χ0) is 9.42. The van der Waals surface area contributed by atoms with Crippen molar-refractivity contribution in [1.82, 2.24) is 0 Å². The summed E-state index contributed by atoms with van der Waals surface area (Å²) in [6.45, 7) is 0. The number of hydrogen-bond acceptors (Lipinski definition) is 3. The van der Waals surface area contributed by atoms with Crippen molar-refractivity contribution in [2.45, 2.75) is 0 Å². The zero-order valence-corrected chi connectivity index (χ0v) is 9.98. The van der Waals surface area contributed by atoms with Crippen molar-refractivity contribution in [3.63, 3.8) is 0 Å². The van der Waals surface area contributed by atoms with Gasteiger partial charge in [-0.2, -0.15) is 0 Å². The molecule has 0 spiro atoms. The third kappa shape index (κ3) is 1.38. The Labute approximate surface area is 93.8 Å². The van der Waals surface area contributed by atoms with Crippen LogP contribution in [0, 0.1) is 3.57 Å². The van der Waals surface area contributed by atoms with Crippen molar-refractivity contribution in [1.29, 1.82) is 0 Å². The van der Waals surface area contributed by atoms with Crippen molar-refractivity contribution in [2.24, 2.45) is 0 Å². The van der Waals surface area contributed by atoms with Crippen molar-refractivity contribution < 1.29 is 4.74 Å². The number of anilines is 1. The Bertz CT molecular complexity index is 452. The number of thiophene rings is 1. The van der Waals surface area contributed by atoms with E-state index >= 15 is 0 Å². The average Bonchev–Trinajstić information content (AvgIpc) is 2.60. The zero-order valence-electron chi connectivity index (χ0n) is 7.00. The van der Waals surface area contributed by atoms with Crippen LogP contribution in [0.4, 0.5) is 5.69 Å². The van der Waals surface area contributed by atoms with E-state index in [1.54, 1.807) is 18.4 Å². The Morgan fingerprint density at radius 2 is 2.31 bits per heavy atom. The van der Waals surface area contributed by atoms with Crippen molar-refractivity contribution in [3.8, 4) is 5.75 Å². The Kier molecular flexibility index (Phi) is 2.33. The third-order valence-electron chi connectivity index (χ3n) is 1.89. The third-order valence-corrected chi connectivity index (χ3v) is 3.96. The second-order valence-corrected chi connectivity index (χ2v) is 4.64. The largest absolute Gasteiger partial charge is 0.496 e.